The fourth-order valence-corrected chi connectivity index (χ4v) is 2.93. The van der Waals surface area contributed by atoms with Crippen LogP contribution < -0.4 is 10.1 Å². The predicted octanol–water partition coefficient (Wildman–Crippen LogP) is 5.01. The van der Waals surface area contributed by atoms with E-state index in [4.69, 9.17) is 9.47 Å². The molecule has 3 aromatic carbocycles. The summed E-state index contributed by atoms with van der Waals surface area (Å²) in [6.45, 7) is 2.73. The number of nitrogens with one attached hydrogen (secondary N) is 1. The van der Waals surface area contributed by atoms with Gasteiger partial charge in [0.05, 0.1) is 6.61 Å². The maximum Gasteiger partial charge on any atom is 0.325 e. The normalized spacial score (nSPS) is 10.4. The van der Waals surface area contributed by atoms with Gasteiger partial charge < -0.3 is 14.8 Å². The molecular weight excluding hydrogens is 390 g/mol. The van der Waals surface area contributed by atoms with Gasteiger partial charge in [-0.1, -0.05) is 67.9 Å². The summed E-state index contributed by atoms with van der Waals surface area (Å²) in [5, 5.41) is 2.58. The number of esters is 1. The molecule has 0 saturated carbocycles. The number of hydrogen-bond acceptors (Lipinski definition) is 4. The Hall–Kier alpha value is -3.60. The summed E-state index contributed by atoms with van der Waals surface area (Å²) >= 11 is 0. The van der Waals surface area contributed by atoms with Crippen molar-refractivity contribution in [2.75, 3.05) is 13.2 Å². The number of benzene rings is 3. The maximum atomic E-state index is 12.2. The van der Waals surface area contributed by atoms with E-state index in [2.05, 4.69) is 12.2 Å². The number of unbranched alkanes of at least 4 members (excludes halogenated alkanes) is 1. The molecule has 0 saturated heterocycles. The van der Waals surface area contributed by atoms with Gasteiger partial charge in [-0.05, 0) is 47.4 Å². The fourth-order valence-electron chi connectivity index (χ4n) is 2.93. The first-order valence-corrected chi connectivity index (χ1v) is 10.5. The van der Waals surface area contributed by atoms with E-state index in [1.165, 1.54) is 0 Å². The van der Waals surface area contributed by atoms with Crippen LogP contribution in [0.5, 0.6) is 5.75 Å². The smallest absolute Gasteiger partial charge is 0.325 e. The molecule has 1 amide bonds. The Bertz CT molecular complexity index is 967. The van der Waals surface area contributed by atoms with Gasteiger partial charge >= 0.3 is 5.97 Å². The van der Waals surface area contributed by atoms with Crippen LogP contribution in [0.15, 0.2) is 78.9 Å². The Labute approximate surface area is 183 Å². The summed E-state index contributed by atoms with van der Waals surface area (Å²) in [5.41, 5.74) is 3.59. The Morgan fingerprint density at radius 1 is 0.839 bits per heavy atom. The monoisotopic (exact) mass is 417 g/mol. The van der Waals surface area contributed by atoms with E-state index in [9.17, 15) is 9.59 Å². The summed E-state index contributed by atoms with van der Waals surface area (Å²) in [4.78, 5) is 24.2. The summed E-state index contributed by atoms with van der Waals surface area (Å²) in [7, 11) is 0. The van der Waals surface area contributed by atoms with Crippen LogP contribution in [-0.4, -0.2) is 25.0 Å². The minimum Gasteiger partial charge on any atom is -0.494 e. The zero-order valence-electron chi connectivity index (χ0n) is 17.7. The third-order valence-electron chi connectivity index (χ3n) is 4.74. The summed E-state index contributed by atoms with van der Waals surface area (Å²) < 4.78 is 10.8. The third-order valence-corrected chi connectivity index (χ3v) is 4.74. The fraction of sp³-hybridized carbons (Fsp3) is 0.231. The molecule has 1 N–H and O–H groups in total. The van der Waals surface area contributed by atoms with Crippen molar-refractivity contribution in [3.8, 4) is 16.9 Å². The lowest BCUT2D eigenvalue weighted by Crippen LogP contribution is -2.30. The minimum atomic E-state index is -0.486. The number of ether oxygens (including phenoxy) is 2. The van der Waals surface area contributed by atoms with Gasteiger partial charge in [0.1, 0.15) is 18.9 Å². The molecule has 0 aliphatic carbocycles. The van der Waals surface area contributed by atoms with E-state index < -0.39 is 5.97 Å². The molecule has 5 heteroatoms. The second-order valence-corrected chi connectivity index (χ2v) is 7.13. The molecule has 3 rings (SSSR count). The van der Waals surface area contributed by atoms with Gasteiger partial charge in [-0.2, -0.15) is 0 Å². The van der Waals surface area contributed by atoms with Crippen LogP contribution in [0.25, 0.3) is 11.1 Å². The number of carbonyl (C=O) groups is 2. The van der Waals surface area contributed by atoms with Crippen molar-refractivity contribution in [3.05, 3.63) is 90.0 Å². The van der Waals surface area contributed by atoms with Crippen molar-refractivity contribution in [1.82, 2.24) is 5.32 Å². The molecule has 0 fully saturated rings. The van der Waals surface area contributed by atoms with Gasteiger partial charge in [0.25, 0.3) is 5.91 Å². The number of hydrogen-bond donors (Lipinski definition) is 1. The van der Waals surface area contributed by atoms with E-state index in [0.717, 1.165) is 35.3 Å². The lowest BCUT2D eigenvalue weighted by molar-refractivity contribution is -0.143. The largest absolute Gasteiger partial charge is 0.494 e. The zero-order chi connectivity index (χ0) is 21.9. The van der Waals surface area contributed by atoms with E-state index >= 15 is 0 Å². The third kappa shape index (κ3) is 7.00. The molecule has 0 aliphatic heterocycles. The Kier molecular flexibility index (Phi) is 8.23. The second-order valence-electron chi connectivity index (χ2n) is 7.13. The van der Waals surface area contributed by atoms with Crippen LogP contribution in [0.1, 0.15) is 35.7 Å². The highest BCUT2D eigenvalue weighted by molar-refractivity contribution is 5.96. The molecule has 3 aromatic rings. The number of rotatable bonds is 10. The Morgan fingerprint density at radius 2 is 1.52 bits per heavy atom. The topological polar surface area (TPSA) is 64.6 Å². The molecule has 0 aliphatic rings. The van der Waals surface area contributed by atoms with Gasteiger partial charge in [0.15, 0.2) is 0 Å². The van der Waals surface area contributed by atoms with Crippen LogP contribution in [0.4, 0.5) is 0 Å². The summed E-state index contributed by atoms with van der Waals surface area (Å²) in [5.74, 6) is -0.0908. The van der Waals surface area contributed by atoms with E-state index in [0.29, 0.717) is 12.2 Å². The second kappa shape index (κ2) is 11.6. The van der Waals surface area contributed by atoms with Crippen LogP contribution in [0.3, 0.4) is 0 Å². The highest BCUT2D eigenvalue weighted by Crippen LogP contribution is 2.19. The number of carbonyl (C=O) groups excluding carboxylic acids is 2. The lowest BCUT2D eigenvalue weighted by Gasteiger charge is -2.09. The zero-order valence-corrected chi connectivity index (χ0v) is 17.7. The highest BCUT2D eigenvalue weighted by Gasteiger charge is 2.09. The van der Waals surface area contributed by atoms with Crippen molar-refractivity contribution < 1.29 is 19.1 Å². The van der Waals surface area contributed by atoms with Crippen molar-refractivity contribution in [3.63, 3.8) is 0 Å². The van der Waals surface area contributed by atoms with Crippen LogP contribution in [-0.2, 0) is 16.1 Å². The molecule has 0 unspecified atom stereocenters. The molecule has 0 spiro atoms. The van der Waals surface area contributed by atoms with Crippen molar-refractivity contribution in [2.45, 2.75) is 26.4 Å². The van der Waals surface area contributed by atoms with Crippen molar-refractivity contribution in [2.24, 2.45) is 0 Å². The molecule has 5 nitrogen and oxygen atoms in total. The van der Waals surface area contributed by atoms with Crippen LogP contribution in [0.2, 0.25) is 0 Å². The average molecular weight is 418 g/mol. The molecule has 0 radical (unpaired) electrons. The van der Waals surface area contributed by atoms with Gasteiger partial charge in [-0.25, -0.2) is 0 Å². The van der Waals surface area contributed by atoms with Gasteiger partial charge in [0.2, 0.25) is 0 Å². The van der Waals surface area contributed by atoms with Gasteiger partial charge in [0, 0.05) is 5.56 Å². The SMILES string of the molecule is CCCCOc1ccc(C(=O)NCC(=O)OCc2ccc(-c3ccccc3)cc2)cc1. The first kappa shape index (κ1) is 22.1. The molecule has 0 heterocycles. The summed E-state index contributed by atoms with van der Waals surface area (Å²) in [6, 6.07) is 24.8. The maximum absolute atomic E-state index is 12.2. The van der Waals surface area contributed by atoms with E-state index in [1.54, 1.807) is 24.3 Å². The first-order valence-electron chi connectivity index (χ1n) is 10.5. The van der Waals surface area contributed by atoms with Crippen LogP contribution in [0, 0.1) is 0 Å². The first-order chi connectivity index (χ1) is 15.2. The Morgan fingerprint density at radius 3 is 2.19 bits per heavy atom. The van der Waals surface area contributed by atoms with Gasteiger partial charge in [-0.15, -0.1) is 0 Å². The highest BCUT2D eigenvalue weighted by atomic mass is 16.5. The molecule has 31 heavy (non-hydrogen) atoms. The van der Waals surface area contributed by atoms with Crippen LogP contribution >= 0.6 is 0 Å². The van der Waals surface area contributed by atoms with E-state index in [1.807, 2.05) is 54.6 Å². The standard InChI is InChI=1S/C26H27NO4/c1-2-3-17-30-24-15-13-23(14-16-24)26(29)27-18-25(28)31-19-20-9-11-22(12-10-20)21-7-5-4-6-8-21/h4-16H,2-3,17-19H2,1H3,(H,27,29). The molecule has 0 aromatic heterocycles. The molecule has 0 atom stereocenters. The van der Waals surface area contributed by atoms with Crippen molar-refractivity contribution in [1.29, 1.82) is 0 Å². The van der Waals surface area contributed by atoms with E-state index in [-0.39, 0.29) is 19.1 Å². The summed E-state index contributed by atoms with van der Waals surface area (Å²) in [6.07, 6.45) is 2.05. The predicted molar refractivity (Wildman–Crippen MR) is 121 cm³/mol. The molecule has 0 bridgehead atoms. The Balaban J connectivity index is 1.41. The average Bonchev–Trinajstić information content (AvgIpc) is 2.82. The molecular formula is C26H27NO4. The minimum absolute atomic E-state index is 0.160. The van der Waals surface area contributed by atoms with Gasteiger partial charge in [-0.3, -0.25) is 9.59 Å². The molecule has 160 valence electrons. The lowest BCUT2D eigenvalue weighted by atomic mass is 10.0. The quantitative estimate of drug-likeness (QED) is 0.372. The number of amides is 1. The van der Waals surface area contributed by atoms with Crippen molar-refractivity contribution >= 4 is 11.9 Å².